The van der Waals surface area contributed by atoms with E-state index < -0.39 is 5.82 Å². The Hall–Kier alpha value is -3.20. The Bertz CT molecular complexity index is 1190. The number of aromatic nitrogens is 2. The third-order valence-electron chi connectivity index (χ3n) is 4.42. The molecule has 29 heavy (non-hydrogen) atoms. The van der Waals surface area contributed by atoms with Gasteiger partial charge in [-0.15, -0.1) is 0 Å². The molecule has 0 atom stereocenters. The first-order valence-electron chi connectivity index (χ1n) is 9.00. The van der Waals surface area contributed by atoms with Gasteiger partial charge in [0.05, 0.1) is 16.6 Å². The molecule has 3 aromatic rings. The molecular formula is C20H17FN4O3S. The molecule has 1 aliphatic rings. The van der Waals surface area contributed by atoms with Crippen LogP contribution >= 0.6 is 11.8 Å². The minimum absolute atomic E-state index is 0.185. The average Bonchev–Trinajstić information content (AvgIpc) is 3.08. The number of thioether (sulfide) groups is 1. The quantitative estimate of drug-likeness (QED) is 0.339. The summed E-state index contributed by atoms with van der Waals surface area (Å²) in [6.07, 6.45) is 1.01. The summed E-state index contributed by atoms with van der Waals surface area (Å²) in [6.45, 7) is 0. The van der Waals surface area contributed by atoms with Crippen LogP contribution in [0.25, 0.3) is 10.9 Å². The predicted molar refractivity (Wildman–Crippen MR) is 109 cm³/mol. The van der Waals surface area contributed by atoms with E-state index >= 15 is 0 Å². The highest BCUT2D eigenvalue weighted by Gasteiger charge is 2.21. The molecule has 7 nitrogen and oxygen atoms in total. The first-order valence-corrected chi connectivity index (χ1v) is 9.99. The number of carbonyl (C=O) groups excluding carboxylic acids is 1. The van der Waals surface area contributed by atoms with Crippen molar-refractivity contribution in [2.75, 3.05) is 5.75 Å². The van der Waals surface area contributed by atoms with Crippen molar-refractivity contribution < 1.29 is 14.3 Å². The maximum Gasteiger partial charge on any atom is 0.259 e. The molecule has 1 amide bonds. The number of H-pyrrole nitrogens is 1. The fourth-order valence-electron chi connectivity index (χ4n) is 3.07. The van der Waals surface area contributed by atoms with Crippen molar-refractivity contribution >= 4 is 40.1 Å². The average molecular weight is 412 g/mol. The van der Waals surface area contributed by atoms with Gasteiger partial charge in [0.2, 0.25) is 5.91 Å². The molecule has 0 unspecified atom stereocenters. The van der Waals surface area contributed by atoms with E-state index in [0.29, 0.717) is 45.3 Å². The lowest BCUT2D eigenvalue weighted by Crippen LogP contribution is -2.30. The molecule has 148 valence electrons. The topological polar surface area (TPSA) is 107 Å². The minimum atomic E-state index is -0.540. The number of hydrogen-bond acceptors (Lipinski definition) is 6. The molecule has 0 saturated carbocycles. The van der Waals surface area contributed by atoms with E-state index in [2.05, 4.69) is 20.3 Å². The Morgan fingerprint density at radius 3 is 3.00 bits per heavy atom. The van der Waals surface area contributed by atoms with E-state index in [4.69, 9.17) is 0 Å². The zero-order valence-electron chi connectivity index (χ0n) is 15.2. The minimum Gasteiger partial charge on any atom is -0.508 e. The Morgan fingerprint density at radius 2 is 2.14 bits per heavy atom. The van der Waals surface area contributed by atoms with Gasteiger partial charge in [-0.1, -0.05) is 23.9 Å². The molecule has 0 radical (unpaired) electrons. The maximum atomic E-state index is 13.8. The van der Waals surface area contributed by atoms with Gasteiger partial charge < -0.3 is 15.4 Å². The summed E-state index contributed by atoms with van der Waals surface area (Å²) < 4.78 is 13.8. The highest BCUT2D eigenvalue weighted by molar-refractivity contribution is 7.99. The molecule has 4 rings (SSSR count). The number of aromatic amines is 1. The molecule has 3 N–H and O–H groups in total. The lowest BCUT2D eigenvalue weighted by Gasteiger charge is -2.05. The number of phenols is 1. The highest BCUT2D eigenvalue weighted by Crippen LogP contribution is 2.32. The van der Waals surface area contributed by atoms with Crippen molar-refractivity contribution in [2.45, 2.75) is 24.4 Å². The monoisotopic (exact) mass is 412 g/mol. The van der Waals surface area contributed by atoms with Crippen LogP contribution < -0.4 is 10.9 Å². The number of phenolic OH excluding ortho intramolecular Hbond substituents is 1. The van der Waals surface area contributed by atoms with Gasteiger partial charge in [0, 0.05) is 36.3 Å². The smallest absolute Gasteiger partial charge is 0.259 e. The van der Waals surface area contributed by atoms with Crippen LogP contribution in [-0.4, -0.2) is 32.6 Å². The third kappa shape index (κ3) is 4.29. The summed E-state index contributed by atoms with van der Waals surface area (Å²) in [5.74, 6) is 0.00447. The second kappa shape index (κ2) is 8.04. The molecule has 0 spiro atoms. The molecule has 0 saturated heterocycles. The summed E-state index contributed by atoms with van der Waals surface area (Å²) in [6, 6.07) is 9.51. The number of amides is 1. The van der Waals surface area contributed by atoms with E-state index in [1.165, 1.54) is 17.8 Å². The number of hydrogen-bond donors (Lipinski definition) is 3. The molecule has 9 heteroatoms. The standard InChI is InChI=1S/C20H17FN4O3S/c21-14-8-11(26)9-16-13(14)10-17(22-16)24-18(27)6-3-7-29-20-23-15-5-2-1-4-12(15)19(28)25-20/h1-2,4-5,8-9,26H,3,6-7,10H2,(H,22,24,27)(H,23,25,28). The second-order valence-corrected chi connectivity index (χ2v) is 7.63. The van der Waals surface area contributed by atoms with Gasteiger partial charge in [0.15, 0.2) is 5.16 Å². The molecule has 0 bridgehead atoms. The predicted octanol–water partition coefficient (Wildman–Crippen LogP) is 3.04. The van der Waals surface area contributed by atoms with Crippen molar-refractivity contribution in [2.24, 2.45) is 4.99 Å². The number of rotatable bonds is 5. The van der Waals surface area contributed by atoms with Crippen molar-refractivity contribution in [1.82, 2.24) is 15.3 Å². The van der Waals surface area contributed by atoms with Crippen LogP contribution in [0.15, 0.2) is 51.3 Å². The SMILES string of the molecule is O=C(CCCSc1nc2ccccc2c(=O)[nH]1)NC1=Nc2cc(O)cc(F)c2C1. The van der Waals surface area contributed by atoms with E-state index in [0.717, 1.165) is 6.07 Å². The zero-order chi connectivity index (χ0) is 20.4. The van der Waals surface area contributed by atoms with Crippen LogP contribution in [0.2, 0.25) is 0 Å². The lowest BCUT2D eigenvalue weighted by molar-refractivity contribution is -0.119. The first-order chi connectivity index (χ1) is 14.0. The number of aromatic hydroxyl groups is 1. The summed E-state index contributed by atoms with van der Waals surface area (Å²) in [4.78, 5) is 35.5. The summed E-state index contributed by atoms with van der Waals surface area (Å²) >= 11 is 1.37. The Balaban J connectivity index is 1.27. The fraction of sp³-hybridized carbons (Fsp3) is 0.200. The van der Waals surface area contributed by atoms with Crippen LogP contribution in [0.4, 0.5) is 10.1 Å². The number of nitrogens with one attached hydrogen (secondary N) is 2. The molecule has 0 fully saturated rings. The number of nitrogens with zero attached hydrogens (tertiary/aromatic N) is 2. The van der Waals surface area contributed by atoms with Gasteiger partial charge >= 0.3 is 0 Å². The first kappa shape index (κ1) is 19.1. The van der Waals surface area contributed by atoms with E-state index in [9.17, 15) is 19.1 Å². The van der Waals surface area contributed by atoms with Crippen molar-refractivity contribution in [3.05, 3.63) is 58.1 Å². The number of para-hydroxylation sites is 1. The third-order valence-corrected chi connectivity index (χ3v) is 5.38. The van der Waals surface area contributed by atoms with Gasteiger partial charge in [-0.2, -0.15) is 0 Å². The van der Waals surface area contributed by atoms with Crippen molar-refractivity contribution in [1.29, 1.82) is 0 Å². The number of amidine groups is 1. The molecule has 1 aromatic heterocycles. The summed E-state index contributed by atoms with van der Waals surface area (Å²) in [5, 5.41) is 13.2. The molecule has 2 heterocycles. The molecular weight excluding hydrogens is 395 g/mol. The van der Waals surface area contributed by atoms with Crippen LogP contribution in [0.5, 0.6) is 5.75 Å². The summed E-state index contributed by atoms with van der Waals surface area (Å²) in [5.41, 5.74) is 1.14. The van der Waals surface area contributed by atoms with Crippen LogP contribution in [-0.2, 0) is 11.2 Å². The zero-order valence-corrected chi connectivity index (χ0v) is 16.1. The van der Waals surface area contributed by atoms with Crippen molar-refractivity contribution in [3.63, 3.8) is 0 Å². The Morgan fingerprint density at radius 1 is 1.31 bits per heavy atom. The second-order valence-electron chi connectivity index (χ2n) is 6.55. The van der Waals surface area contributed by atoms with Gasteiger partial charge in [0.25, 0.3) is 5.56 Å². The number of aliphatic imine (C=N–C) groups is 1. The number of benzene rings is 2. The number of fused-ring (bicyclic) bond motifs is 2. The highest BCUT2D eigenvalue weighted by atomic mass is 32.2. The normalized spacial score (nSPS) is 12.7. The van der Waals surface area contributed by atoms with Gasteiger partial charge in [-0.25, -0.2) is 14.4 Å². The van der Waals surface area contributed by atoms with Gasteiger partial charge in [-0.3, -0.25) is 9.59 Å². The van der Waals surface area contributed by atoms with E-state index in [1.54, 1.807) is 18.2 Å². The Labute approximate surface area is 169 Å². The molecule has 0 aliphatic carbocycles. The van der Waals surface area contributed by atoms with Gasteiger partial charge in [-0.05, 0) is 18.6 Å². The fourth-order valence-corrected chi connectivity index (χ4v) is 3.88. The number of carbonyl (C=O) groups is 1. The number of halogens is 1. The maximum absolute atomic E-state index is 13.8. The molecule has 1 aliphatic heterocycles. The largest absolute Gasteiger partial charge is 0.508 e. The molecule has 2 aromatic carbocycles. The van der Waals surface area contributed by atoms with E-state index in [-0.39, 0.29) is 30.1 Å². The van der Waals surface area contributed by atoms with Crippen LogP contribution in [0, 0.1) is 5.82 Å². The lowest BCUT2D eigenvalue weighted by atomic mass is 10.1. The van der Waals surface area contributed by atoms with Gasteiger partial charge in [0.1, 0.15) is 17.4 Å². The van der Waals surface area contributed by atoms with Crippen LogP contribution in [0.1, 0.15) is 18.4 Å². The van der Waals surface area contributed by atoms with E-state index in [1.807, 2.05) is 6.07 Å². The van der Waals surface area contributed by atoms with Crippen molar-refractivity contribution in [3.8, 4) is 5.75 Å². The Kier molecular flexibility index (Phi) is 5.30. The summed E-state index contributed by atoms with van der Waals surface area (Å²) in [7, 11) is 0. The van der Waals surface area contributed by atoms with Crippen LogP contribution in [0.3, 0.4) is 0 Å².